The van der Waals surface area contributed by atoms with E-state index in [0.29, 0.717) is 22.6 Å². The van der Waals surface area contributed by atoms with Crippen LogP contribution in [0.25, 0.3) is 0 Å². The van der Waals surface area contributed by atoms with E-state index in [9.17, 15) is 4.79 Å². The Hall–Kier alpha value is -2.14. The summed E-state index contributed by atoms with van der Waals surface area (Å²) >= 11 is 5.89. The fourth-order valence-corrected chi connectivity index (χ4v) is 2.14. The van der Waals surface area contributed by atoms with Gasteiger partial charge in [0.2, 0.25) is 0 Å². The van der Waals surface area contributed by atoms with Crippen LogP contribution in [0.4, 0.5) is 11.5 Å². The van der Waals surface area contributed by atoms with E-state index in [1.54, 1.807) is 24.4 Å². The van der Waals surface area contributed by atoms with Crippen molar-refractivity contribution >= 4 is 29.0 Å². The lowest BCUT2D eigenvalue weighted by Gasteiger charge is -2.08. The molecule has 1 aliphatic carbocycles. The first kappa shape index (κ1) is 13.8. The summed E-state index contributed by atoms with van der Waals surface area (Å²) in [5.41, 5.74) is 1.90. The van der Waals surface area contributed by atoms with Crippen molar-refractivity contribution in [1.82, 2.24) is 9.97 Å². The van der Waals surface area contributed by atoms with Crippen LogP contribution in [0.5, 0.6) is 0 Å². The van der Waals surface area contributed by atoms with Crippen LogP contribution in [-0.4, -0.2) is 21.9 Å². The van der Waals surface area contributed by atoms with Crippen LogP contribution < -0.4 is 10.6 Å². The number of nitrogens with one attached hydrogen (secondary N) is 2. The maximum Gasteiger partial charge on any atom is 0.275 e. The van der Waals surface area contributed by atoms with Gasteiger partial charge >= 0.3 is 0 Å². The molecular formula is C15H15ClN4O. The molecule has 6 heteroatoms. The smallest absolute Gasteiger partial charge is 0.275 e. The molecule has 0 atom stereocenters. The topological polar surface area (TPSA) is 66.9 Å². The predicted octanol–water partition coefficient (Wildman–Crippen LogP) is 3.27. The second-order valence-electron chi connectivity index (χ2n) is 5.12. The summed E-state index contributed by atoms with van der Waals surface area (Å²) in [7, 11) is 0. The lowest BCUT2D eigenvalue weighted by atomic mass is 10.2. The minimum absolute atomic E-state index is 0.283. The number of nitrogens with zero attached hydrogens (tertiary/aromatic N) is 2. The van der Waals surface area contributed by atoms with Gasteiger partial charge in [-0.25, -0.2) is 9.97 Å². The maximum atomic E-state index is 12.1. The first-order valence-corrected chi connectivity index (χ1v) is 7.16. The summed E-state index contributed by atoms with van der Waals surface area (Å²) < 4.78 is 0. The Morgan fingerprint density at radius 3 is 2.71 bits per heavy atom. The first-order chi connectivity index (χ1) is 10.1. The molecular weight excluding hydrogens is 288 g/mol. The molecule has 0 spiro atoms. The van der Waals surface area contributed by atoms with E-state index in [2.05, 4.69) is 20.6 Å². The number of rotatable bonds is 4. The second-order valence-corrected chi connectivity index (χ2v) is 5.56. The van der Waals surface area contributed by atoms with Gasteiger partial charge in [0.05, 0.1) is 12.4 Å². The maximum absolute atomic E-state index is 12.1. The lowest BCUT2D eigenvalue weighted by molar-refractivity contribution is 0.102. The van der Waals surface area contributed by atoms with Gasteiger partial charge in [0.15, 0.2) is 0 Å². The molecule has 3 rings (SSSR count). The van der Waals surface area contributed by atoms with Crippen molar-refractivity contribution in [2.75, 3.05) is 10.6 Å². The quantitative estimate of drug-likeness (QED) is 0.909. The molecule has 0 saturated heterocycles. The monoisotopic (exact) mass is 302 g/mol. The molecule has 2 aromatic rings. The molecule has 0 bridgehead atoms. The third-order valence-corrected chi connectivity index (χ3v) is 3.49. The average molecular weight is 303 g/mol. The van der Waals surface area contributed by atoms with Gasteiger partial charge in [-0.3, -0.25) is 4.79 Å². The summed E-state index contributed by atoms with van der Waals surface area (Å²) in [6.07, 6.45) is 5.40. The second kappa shape index (κ2) is 5.69. The van der Waals surface area contributed by atoms with Crippen molar-refractivity contribution in [3.8, 4) is 0 Å². The van der Waals surface area contributed by atoms with Crippen LogP contribution in [-0.2, 0) is 0 Å². The molecule has 1 amide bonds. The molecule has 108 valence electrons. The molecule has 1 aliphatic rings. The Morgan fingerprint density at radius 1 is 1.29 bits per heavy atom. The zero-order chi connectivity index (χ0) is 14.8. The molecule has 5 nitrogen and oxygen atoms in total. The number of halogens is 1. The number of carbonyl (C=O) groups excluding carboxylic acids is 1. The number of hydrogen-bond donors (Lipinski definition) is 2. The Kier molecular flexibility index (Phi) is 3.75. The van der Waals surface area contributed by atoms with E-state index in [-0.39, 0.29) is 11.6 Å². The van der Waals surface area contributed by atoms with Crippen LogP contribution in [0, 0.1) is 6.92 Å². The van der Waals surface area contributed by atoms with Crippen molar-refractivity contribution in [3.63, 3.8) is 0 Å². The molecule has 1 heterocycles. The number of carbonyl (C=O) groups is 1. The van der Waals surface area contributed by atoms with Gasteiger partial charge in [-0.1, -0.05) is 11.6 Å². The van der Waals surface area contributed by atoms with Crippen LogP contribution in [0.2, 0.25) is 5.02 Å². The van der Waals surface area contributed by atoms with Crippen molar-refractivity contribution in [2.45, 2.75) is 25.8 Å². The van der Waals surface area contributed by atoms with Crippen LogP contribution in [0.3, 0.4) is 0 Å². The number of amides is 1. The highest BCUT2D eigenvalue weighted by molar-refractivity contribution is 6.30. The van der Waals surface area contributed by atoms with E-state index < -0.39 is 0 Å². The van der Waals surface area contributed by atoms with Gasteiger partial charge < -0.3 is 10.6 Å². The molecule has 1 saturated carbocycles. The van der Waals surface area contributed by atoms with Crippen LogP contribution >= 0.6 is 11.6 Å². The van der Waals surface area contributed by atoms with Crippen LogP contribution in [0.15, 0.2) is 30.6 Å². The highest BCUT2D eigenvalue weighted by Crippen LogP contribution is 2.23. The Bertz CT molecular complexity index is 668. The fourth-order valence-electron chi connectivity index (χ4n) is 1.91. The molecule has 0 unspecified atom stereocenters. The molecule has 1 aromatic heterocycles. The number of aryl methyl sites for hydroxylation is 1. The van der Waals surface area contributed by atoms with Crippen molar-refractivity contribution in [1.29, 1.82) is 0 Å². The van der Waals surface area contributed by atoms with Crippen molar-refractivity contribution < 1.29 is 4.79 Å². The third-order valence-electron chi connectivity index (χ3n) is 3.25. The molecule has 2 N–H and O–H groups in total. The highest BCUT2D eigenvalue weighted by Gasteiger charge is 2.21. The summed E-state index contributed by atoms with van der Waals surface area (Å²) in [5.74, 6) is 0.419. The summed E-state index contributed by atoms with van der Waals surface area (Å²) in [6.45, 7) is 1.88. The zero-order valence-corrected chi connectivity index (χ0v) is 12.3. The summed E-state index contributed by atoms with van der Waals surface area (Å²) in [4.78, 5) is 20.5. The highest BCUT2D eigenvalue weighted by atomic mass is 35.5. The number of hydrogen-bond acceptors (Lipinski definition) is 4. The van der Waals surface area contributed by atoms with E-state index in [1.165, 1.54) is 19.0 Å². The standard InChI is InChI=1S/C15H15ClN4O/c1-9-6-10(16)2-5-12(9)20-15(21)13-7-18-14(8-17-13)19-11-3-4-11/h2,5-8,11H,3-4H2,1H3,(H,18,19)(H,20,21). The van der Waals surface area contributed by atoms with Crippen molar-refractivity contribution in [2.24, 2.45) is 0 Å². The normalized spacial score (nSPS) is 13.8. The number of aromatic nitrogens is 2. The van der Waals surface area contributed by atoms with Gasteiger partial charge in [0.1, 0.15) is 11.5 Å². The van der Waals surface area contributed by atoms with E-state index >= 15 is 0 Å². The van der Waals surface area contributed by atoms with E-state index in [0.717, 1.165) is 5.56 Å². The van der Waals surface area contributed by atoms with Crippen LogP contribution in [0.1, 0.15) is 28.9 Å². The molecule has 1 aromatic carbocycles. The van der Waals surface area contributed by atoms with Gasteiger partial charge in [-0.2, -0.15) is 0 Å². The SMILES string of the molecule is Cc1cc(Cl)ccc1NC(=O)c1cnc(NC2CC2)cn1. The van der Waals surface area contributed by atoms with Gasteiger partial charge in [-0.15, -0.1) is 0 Å². The third kappa shape index (κ3) is 3.49. The van der Waals surface area contributed by atoms with Crippen molar-refractivity contribution in [3.05, 3.63) is 46.9 Å². The van der Waals surface area contributed by atoms with Gasteiger partial charge in [0.25, 0.3) is 5.91 Å². The molecule has 0 radical (unpaired) electrons. The zero-order valence-electron chi connectivity index (χ0n) is 11.6. The fraction of sp³-hybridized carbons (Fsp3) is 0.267. The summed E-state index contributed by atoms with van der Waals surface area (Å²) in [6, 6.07) is 5.81. The largest absolute Gasteiger partial charge is 0.366 e. The lowest BCUT2D eigenvalue weighted by Crippen LogP contribution is -2.15. The number of anilines is 2. The summed E-state index contributed by atoms with van der Waals surface area (Å²) in [5, 5.41) is 6.67. The molecule has 0 aliphatic heterocycles. The molecule has 21 heavy (non-hydrogen) atoms. The minimum atomic E-state index is -0.286. The minimum Gasteiger partial charge on any atom is -0.366 e. The average Bonchev–Trinajstić information content (AvgIpc) is 3.26. The Labute approximate surface area is 127 Å². The number of benzene rings is 1. The Balaban J connectivity index is 1.69. The van der Waals surface area contributed by atoms with E-state index in [4.69, 9.17) is 11.6 Å². The Morgan fingerprint density at radius 2 is 2.10 bits per heavy atom. The first-order valence-electron chi connectivity index (χ1n) is 6.78. The van der Waals surface area contributed by atoms with Gasteiger partial charge in [-0.05, 0) is 43.5 Å². The van der Waals surface area contributed by atoms with E-state index in [1.807, 2.05) is 6.92 Å². The molecule has 1 fully saturated rings. The van der Waals surface area contributed by atoms with Gasteiger partial charge in [0, 0.05) is 16.8 Å². The predicted molar refractivity (Wildman–Crippen MR) is 82.8 cm³/mol.